The van der Waals surface area contributed by atoms with Crippen LogP contribution in [0.2, 0.25) is 10.0 Å². The van der Waals surface area contributed by atoms with Crippen LogP contribution in [0.1, 0.15) is 43.5 Å². The maximum absolute atomic E-state index is 14.3. The summed E-state index contributed by atoms with van der Waals surface area (Å²) >= 11 is 13.4. The van der Waals surface area contributed by atoms with E-state index in [0.29, 0.717) is 72.3 Å². The zero-order chi connectivity index (χ0) is 33.8. The van der Waals surface area contributed by atoms with Crippen LogP contribution in [0.5, 0.6) is 23.0 Å². The summed E-state index contributed by atoms with van der Waals surface area (Å²) in [5, 5.41) is 0.918. The van der Waals surface area contributed by atoms with E-state index in [2.05, 4.69) is 0 Å². The Balaban J connectivity index is 1.60. The average Bonchev–Trinajstić information content (AvgIpc) is 3.38. The summed E-state index contributed by atoms with van der Waals surface area (Å²) in [6, 6.07) is 15.3. The Bertz CT molecular complexity index is 2030. The zero-order valence-corrected chi connectivity index (χ0v) is 29.3. The van der Waals surface area contributed by atoms with Gasteiger partial charge < -0.3 is 23.8 Å². The highest BCUT2D eigenvalue weighted by Gasteiger charge is 2.36. The number of allylic oxidation sites excluding steroid dienone is 1. The third-order valence-electron chi connectivity index (χ3n) is 7.90. The number of halogens is 2. The fourth-order valence-electron chi connectivity index (χ4n) is 5.46. The van der Waals surface area contributed by atoms with Gasteiger partial charge in [-0.15, -0.1) is 0 Å². The van der Waals surface area contributed by atoms with Gasteiger partial charge >= 0.3 is 0 Å². The van der Waals surface area contributed by atoms with Crippen LogP contribution in [0.4, 0.5) is 0 Å². The predicted molar refractivity (Wildman–Crippen MR) is 185 cm³/mol. The Morgan fingerprint density at radius 3 is 2.32 bits per heavy atom. The number of amides is 1. The first-order valence-electron chi connectivity index (χ1n) is 14.9. The molecular formula is C35H35Cl2N3O6S. The highest BCUT2D eigenvalue weighted by Crippen LogP contribution is 2.38. The van der Waals surface area contributed by atoms with Gasteiger partial charge in [-0.3, -0.25) is 14.2 Å². The third kappa shape index (κ3) is 6.90. The number of benzene rings is 3. The normalized spacial score (nSPS) is 14.4. The lowest BCUT2D eigenvalue weighted by atomic mass is 9.93. The predicted octanol–water partition coefficient (Wildman–Crippen LogP) is 6.02. The number of ether oxygens (including phenoxy) is 4. The number of methoxy groups -OCH3 is 3. The van der Waals surface area contributed by atoms with E-state index < -0.39 is 6.04 Å². The van der Waals surface area contributed by atoms with Crippen molar-refractivity contribution in [3.8, 4) is 23.0 Å². The molecule has 0 N–H and O–H groups in total. The minimum absolute atomic E-state index is 0.193. The molecule has 1 amide bonds. The fourth-order valence-corrected chi connectivity index (χ4v) is 6.83. The van der Waals surface area contributed by atoms with Crippen LogP contribution in [0.15, 0.2) is 75.7 Å². The molecule has 0 unspecified atom stereocenters. The number of nitrogens with zero attached hydrogens (tertiary/aromatic N) is 3. The van der Waals surface area contributed by atoms with Crippen molar-refractivity contribution >= 4 is 46.5 Å². The maximum atomic E-state index is 14.3. The molecule has 12 heteroatoms. The van der Waals surface area contributed by atoms with Crippen molar-refractivity contribution in [2.45, 2.75) is 33.4 Å². The number of carbonyl (C=O) groups excluding carboxylic acids is 1. The molecule has 3 aromatic carbocycles. The van der Waals surface area contributed by atoms with Gasteiger partial charge in [0.25, 0.3) is 11.5 Å². The molecule has 0 aliphatic carbocycles. The van der Waals surface area contributed by atoms with Gasteiger partial charge in [0, 0.05) is 18.7 Å². The molecule has 1 atom stereocenters. The smallest absolute Gasteiger partial charge is 0.271 e. The van der Waals surface area contributed by atoms with Crippen molar-refractivity contribution in [1.29, 1.82) is 0 Å². The second kappa shape index (κ2) is 14.7. The van der Waals surface area contributed by atoms with E-state index in [4.69, 9.17) is 47.1 Å². The molecule has 47 heavy (non-hydrogen) atoms. The van der Waals surface area contributed by atoms with Gasteiger partial charge in [0.1, 0.15) is 24.1 Å². The Morgan fingerprint density at radius 2 is 1.66 bits per heavy atom. The van der Waals surface area contributed by atoms with Crippen LogP contribution in [0.25, 0.3) is 6.08 Å². The summed E-state index contributed by atoms with van der Waals surface area (Å²) in [4.78, 5) is 35.2. The number of hydrogen-bond donors (Lipinski definition) is 0. The van der Waals surface area contributed by atoms with Crippen molar-refractivity contribution in [2.24, 2.45) is 4.99 Å². The minimum Gasteiger partial charge on any atom is -0.497 e. The number of thiazole rings is 1. The van der Waals surface area contributed by atoms with E-state index in [-0.39, 0.29) is 18.1 Å². The van der Waals surface area contributed by atoms with Crippen LogP contribution in [0.3, 0.4) is 0 Å². The summed E-state index contributed by atoms with van der Waals surface area (Å²) in [5.74, 6) is 1.92. The van der Waals surface area contributed by atoms with Crippen molar-refractivity contribution in [3.63, 3.8) is 0 Å². The van der Waals surface area contributed by atoms with Crippen LogP contribution in [0, 0.1) is 0 Å². The van der Waals surface area contributed by atoms with Gasteiger partial charge in [-0.2, -0.15) is 0 Å². The number of likely N-dealkylation sites (N-methyl/N-ethyl adjacent to an activating group) is 1. The molecule has 0 spiro atoms. The van der Waals surface area contributed by atoms with Gasteiger partial charge in [-0.05, 0) is 80.4 Å². The molecule has 1 aromatic heterocycles. The minimum atomic E-state index is -0.793. The van der Waals surface area contributed by atoms with Gasteiger partial charge in [-0.25, -0.2) is 4.99 Å². The van der Waals surface area contributed by atoms with E-state index in [9.17, 15) is 9.59 Å². The summed E-state index contributed by atoms with van der Waals surface area (Å²) in [6.07, 6.45) is 1.78. The zero-order valence-electron chi connectivity index (χ0n) is 26.9. The average molecular weight is 697 g/mol. The topological polar surface area (TPSA) is 91.6 Å². The third-order valence-corrected chi connectivity index (χ3v) is 9.62. The fraction of sp³-hybridized carbons (Fsp3) is 0.286. The Kier molecular flexibility index (Phi) is 10.6. The molecule has 246 valence electrons. The molecule has 9 nitrogen and oxygen atoms in total. The summed E-state index contributed by atoms with van der Waals surface area (Å²) < 4.78 is 24.9. The molecule has 1 aliphatic heterocycles. The molecule has 5 rings (SSSR count). The summed E-state index contributed by atoms with van der Waals surface area (Å²) in [5.41, 5.74) is 2.84. The highest BCUT2D eigenvalue weighted by molar-refractivity contribution is 7.07. The van der Waals surface area contributed by atoms with Crippen LogP contribution in [-0.4, -0.2) is 49.8 Å². The molecule has 4 aromatic rings. The summed E-state index contributed by atoms with van der Waals surface area (Å²) in [6.45, 7) is 6.92. The molecule has 2 heterocycles. The first-order valence-corrected chi connectivity index (χ1v) is 16.5. The second-order valence-corrected chi connectivity index (χ2v) is 12.4. The van der Waals surface area contributed by atoms with Crippen LogP contribution < -0.4 is 33.8 Å². The Morgan fingerprint density at radius 1 is 0.936 bits per heavy atom. The van der Waals surface area contributed by atoms with Crippen molar-refractivity contribution in [3.05, 3.63) is 112 Å². The number of carbonyl (C=O) groups is 1. The van der Waals surface area contributed by atoms with Crippen molar-refractivity contribution in [1.82, 2.24) is 9.47 Å². The second-order valence-electron chi connectivity index (χ2n) is 10.6. The standard InChI is InChI=1S/C35H35Cl2N3O6S/c1-7-39(8-2)34(42)31-20(3)38-35-40(32(31)24-18-23(43-4)11-14-27(24)44-5)33(41)30(47-35)17-21-10-13-28(29(16-21)45-6)46-19-22-9-12-25(36)26(37)15-22/h9-18,32H,7-8,19H2,1-6H3/b30-17+/t32-/m0/s1. The van der Waals surface area contributed by atoms with Gasteiger partial charge in [0.2, 0.25) is 0 Å². The van der Waals surface area contributed by atoms with E-state index in [1.165, 1.54) is 11.3 Å². The molecule has 0 radical (unpaired) electrons. The van der Waals surface area contributed by atoms with E-state index in [1.807, 2.05) is 26.0 Å². The van der Waals surface area contributed by atoms with Gasteiger partial charge in [-0.1, -0.05) is 46.7 Å². The molecular weight excluding hydrogens is 661 g/mol. The Hall–Kier alpha value is -4.25. The summed E-state index contributed by atoms with van der Waals surface area (Å²) in [7, 11) is 4.68. The van der Waals surface area contributed by atoms with Crippen LogP contribution >= 0.6 is 34.5 Å². The van der Waals surface area contributed by atoms with Crippen LogP contribution in [-0.2, 0) is 11.4 Å². The Labute approximate surface area is 286 Å². The SMILES string of the molecule is CCN(CC)C(=O)C1=C(C)N=c2s/c(=C/c3ccc(OCc4ccc(Cl)c(Cl)c4)c(OC)c3)c(=O)n2[C@H]1c1cc(OC)ccc1OC. The van der Waals surface area contributed by atoms with Crippen molar-refractivity contribution in [2.75, 3.05) is 34.4 Å². The van der Waals surface area contributed by atoms with E-state index in [1.54, 1.807) is 86.3 Å². The largest absolute Gasteiger partial charge is 0.497 e. The number of aromatic nitrogens is 1. The quantitative estimate of drug-likeness (QED) is 0.191. The van der Waals surface area contributed by atoms with Gasteiger partial charge in [0.15, 0.2) is 16.3 Å². The molecule has 1 aliphatic rings. The monoisotopic (exact) mass is 695 g/mol. The molecule has 0 saturated heterocycles. The first kappa shape index (κ1) is 34.1. The number of hydrogen-bond acceptors (Lipinski definition) is 8. The lowest BCUT2D eigenvalue weighted by Gasteiger charge is -2.30. The molecule has 0 saturated carbocycles. The van der Waals surface area contributed by atoms with Crippen molar-refractivity contribution < 1.29 is 23.7 Å². The highest BCUT2D eigenvalue weighted by atomic mass is 35.5. The molecule has 0 fully saturated rings. The van der Waals surface area contributed by atoms with Gasteiger partial charge in [0.05, 0.1) is 47.2 Å². The first-order chi connectivity index (χ1) is 22.6. The van der Waals surface area contributed by atoms with E-state index in [0.717, 1.165) is 11.1 Å². The molecule has 0 bridgehead atoms. The number of rotatable bonds is 11. The maximum Gasteiger partial charge on any atom is 0.271 e. The number of fused-ring (bicyclic) bond motifs is 1. The lowest BCUT2D eigenvalue weighted by Crippen LogP contribution is -2.43. The lowest BCUT2D eigenvalue weighted by molar-refractivity contribution is -0.127. The van der Waals surface area contributed by atoms with E-state index >= 15 is 0 Å².